The predicted octanol–water partition coefficient (Wildman–Crippen LogP) is 7.01. The second-order valence-electron chi connectivity index (χ2n) is 7.41. The van der Waals surface area contributed by atoms with E-state index in [0.717, 1.165) is 31.4 Å². The quantitative estimate of drug-likeness (QED) is 0.184. The zero-order valence-corrected chi connectivity index (χ0v) is 19.4. The number of ether oxygens (including phenoxy) is 2. The van der Waals surface area contributed by atoms with Gasteiger partial charge in [-0.05, 0) is 25.0 Å². The fraction of sp³-hybridized carbons (Fsp3) is 0.652. The summed E-state index contributed by atoms with van der Waals surface area (Å²) in [7, 11) is 0. The van der Waals surface area contributed by atoms with E-state index in [1.165, 1.54) is 38.5 Å². The highest BCUT2D eigenvalue weighted by molar-refractivity contribution is 9.10. The molecule has 170 valence electrons. The Labute approximate surface area is 186 Å². The van der Waals surface area contributed by atoms with Gasteiger partial charge in [-0.1, -0.05) is 74.2 Å². The van der Waals surface area contributed by atoms with Gasteiger partial charge in [0.05, 0.1) is 12.2 Å². The standard InChI is InChI=1S/C23H33BrF2O4/c1-2-3-4-5-6-7-8-9-10-14-29-22(27)12-11-13-23(28)30-17-19-20(25)15-18(24)16-21(19)26/h15-16H,2-14,17H2,1H3. The van der Waals surface area contributed by atoms with Crippen LogP contribution in [0.4, 0.5) is 8.78 Å². The lowest BCUT2D eigenvalue weighted by Crippen LogP contribution is -2.10. The Morgan fingerprint density at radius 1 is 0.800 bits per heavy atom. The predicted molar refractivity (Wildman–Crippen MR) is 116 cm³/mol. The first-order valence-electron chi connectivity index (χ1n) is 10.9. The molecule has 0 saturated heterocycles. The summed E-state index contributed by atoms with van der Waals surface area (Å²) in [6, 6.07) is 2.21. The topological polar surface area (TPSA) is 52.6 Å². The molecule has 0 fully saturated rings. The molecular formula is C23H33BrF2O4. The minimum absolute atomic E-state index is 0.00705. The van der Waals surface area contributed by atoms with Gasteiger partial charge in [0.25, 0.3) is 0 Å². The molecule has 4 nitrogen and oxygen atoms in total. The number of benzene rings is 1. The summed E-state index contributed by atoms with van der Waals surface area (Å²) in [6.45, 7) is 2.14. The zero-order valence-electron chi connectivity index (χ0n) is 17.8. The summed E-state index contributed by atoms with van der Waals surface area (Å²) in [5.41, 5.74) is -0.299. The van der Waals surface area contributed by atoms with Crippen molar-refractivity contribution in [1.82, 2.24) is 0 Å². The summed E-state index contributed by atoms with van der Waals surface area (Å²) in [5.74, 6) is -2.51. The van der Waals surface area contributed by atoms with Gasteiger partial charge in [0.2, 0.25) is 0 Å². The zero-order chi connectivity index (χ0) is 22.2. The van der Waals surface area contributed by atoms with E-state index in [-0.39, 0.29) is 35.3 Å². The van der Waals surface area contributed by atoms with Crippen molar-refractivity contribution in [2.75, 3.05) is 6.61 Å². The molecule has 1 aromatic carbocycles. The first-order valence-corrected chi connectivity index (χ1v) is 11.7. The maximum Gasteiger partial charge on any atom is 0.306 e. The fourth-order valence-corrected chi connectivity index (χ4v) is 3.38. The Kier molecular flexibility index (Phi) is 14.4. The molecule has 0 saturated carbocycles. The first-order chi connectivity index (χ1) is 14.4. The summed E-state index contributed by atoms with van der Waals surface area (Å²) < 4.78 is 37.7. The Hall–Kier alpha value is -1.50. The number of rotatable bonds is 16. The Bertz CT molecular complexity index is 629. The van der Waals surface area contributed by atoms with Gasteiger partial charge in [-0.2, -0.15) is 0 Å². The maximum absolute atomic E-state index is 13.7. The van der Waals surface area contributed by atoms with Gasteiger partial charge in [-0.25, -0.2) is 8.78 Å². The molecule has 0 amide bonds. The number of carbonyl (C=O) groups is 2. The Morgan fingerprint density at radius 3 is 1.87 bits per heavy atom. The SMILES string of the molecule is CCCCCCCCCCCOC(=O)CCCC(=O)OCc1c(F)cc(Br)cc1F. The van der Waals surface area contributed by atoms with Crippen molar-refractivity contribution < 1.29 is 27.8 Å². The lowest BCUT2D eigenvalue weighted by atomic mass is 10.1. The summed E-state index contributed by atoms with van der Waals surface area (Å²) in [5, 5.41) is 0. The van der Waals surface area contributed by atoms with Crippen LogP contribution >= 0.6 is 15.9 Å². The van der Waals surface area contributed by atoms with Crippen LogP contribution < -0.4 is 0 Å². The number of halogens is 3. The fourth-order valence-electron chi connectivity index (χ4n) is 2.98. The molecule has 1 rings (SSSR count). The highest BCUT2D eigenvalue weighted by Gasteiger charge is 2.13. The molecule has 30 heavy (non-hydrogen) atoms. The number of esters is 2. The van der Waals surface area contributed by atoms with Crippen LogP contribution in [0.25, 0.3) is 0 Å². The molecule has 0 aliphatic heterocycles. The van der Waals surface area contributed by atoms with E-state index < -0.39 is 24.2 Å². The monoisotopic (exact) mass is 490 g/mol. The van der Waals surface area contributed by atoms with Crippen molar-refractivity contribution in [3.05, 3.63) is 33.8 Å². The van der Waals surface area contributed by atoms with E-state index in [1.807, 2.05) is 0 Å². The van der Waals surface area contributed by atoms with Crippen molar-refractivity contribution >= 4 is 27.9 Å². The van der Waals surface area contributed by atoms with Crippen LogP contribution in [0.1, 0.15) is 89.5 Å². The Morgan fingerprint density at radius 2 is 1.30 bits per heavy atom. The maximum atomic E-state index is 13.7. The highest BCUT2D eigenvalue weighted by atomic mass is 79.9. The van der Waals surface area contributed by atoms with E-state index in [4.69, 9.17) is 9.47 Å². The second-order valence-corrected chi connectivity index (χ2v) is 8.33. The number of hydrogen-bond acceptors (Lipinski definition) is 4. The van der Waals surface area contributed by atoms with E-state index >= 15 is 0 Å². The summed E-state index contributed by atoms with van der Waals surface area (Å²) >= 11 is 2.99. The molecule has 7 heteroatoms. The molecule has 0 bridgehead atoms. The lowest BCUT2D eigenvalue weighted by molar-refractivity contribution is -0.146. The molecular weight excluding hydrogens is 458 g/mol. The average Bonchev–Trinajstić information content (AvgIpc) is 2.68. The molecule has 0 N–H and O–H groups in total. The van der Waals surface area contributed by atoms with Crippen molar-refractivity contribution in [2.24, 2.45) is 0 Å². The van der Waals surface area contributed by atoms with E-state index in [1.54, 1.807) is 0 Å². The smallest absolute Gasteiger partial charge is 0.306 e. The third-order valence-electron chi connectivity index (χ3n) is 4.76. The summed E-state index contributed by atoms with van der Waals surface area (Å²) in [4.78, 5) is 23.4. The first kappa shape index (κ1) is 26.5. The van der Waals surface area contributed by atoms with Crippen LogP contribution in [0.3, 0.4) is 0 Å². The molecule has 0 atom stereocenters. The van der Waals surface area contributed by atoms with Crippen molar-refractivity contribution in [2.45, 2.75) is 90.6 Å². The minimum Gasteiger partial charge on any atom is -0.466 e. The van der Waals surface area contributed by atoms with E-state index in [9.17, 15) is 18.4 Å². The Balaban J connectivity index is 2.03. The molecule has 0 radical (unpaired) electrons. The second kappa shape index (κ2) is 16.2. The third-order valence-corrected chi connectivity index (χ3v) is 5.21. The van der Waals surface area contributed by atoms with Crippen LogP contribution in [-0.2, 0) is 25.7 Å². The van der Waals surface area contributed by atoms with Crippen LogP contribution in [0.15, 0.2) is 16.6 Å². The van der Waals surface area contributed by atoms with Gasteiger partial charge >= 0.3 is 11.9 Å². The van der Waals surface area contributed by atoms with Crippen molar-refractivity contribution in [1.29, 1.82) is 0 Å². The average molecular weight is 491 g/mol. The van der Waals surface area contributed by atoms with E-state index in [0.29, 0.717) is 6.61 Å². The van der Waals surface area contributed by atoms with Gasteiger partial charge in [0.15, 0.2) is 0 Å². The minimum atomic E-state index is -0.783. The molecule has 0 heterocycles. The molecule has 0 aliphatic rings. The normalized spacial score (nSPS) is 10.8. The molecule has 1 aromatic rings. The molecule has 0 aliphatic carbocycles. The van der Waals surface area contributed by atoms with Gasteiger partial charge in [0, 0.05) is 17.3 Å². The molecule has 0 aromatic heterocycles. The number of unbranched alkanes of at least 4 members (excludes halogenated alkanes) is 8. The van der Waals surface area contributed by atoms with Gasteiger partial charge in [-0.15, -0.1) is 0 Å². The lowest BCUT2D eigenvalue weighted by Gasteiger charge is -2.08. The van der Waals surface area contributed by atoms with Crippen LogP contribution in [0.2, 0.25) is 0 Å². The van der Waals surface area contributed by atoms with Crippen LogP contribution in [0.5, 0.6) is 0 Å². The van der Waals surface area contributed by atoms with Crippen molar-refractivity contribution in [3.63, 3.8) is 0 Å². The third kappa shape index (κ3) is 12.3. The molecule has 0 spiro atoms. The van der Waals surface area contributed by atoms with E-state index in [2.05, 4.69) is 22.9 Å². The number of carbonyl (C=O) groups excluding carboxylic acids is 2. The van der Waals surface area contributed by atoms with Crippen LogP contribution in [0, 0.1) is 11.6 Å². The van der Waals surface area contributed by atoms with Gasteiger partial charge in [0.1, 0.15) is 18.2 Å². The highest BCUT2D eigenvalue weighted by Crippen LogP contribution is 2.20. The van der Waals surface area contributed by atoms with Crippen molar-refractivity contribution in [3.8, 4) is 0 Å². The summed E-state index contributed by atoms with van der Waals surface area (Å²) in [6.07, 6.45) is 11.2. The molecule has 0 unspecified atom stereocenters. The van der Waals surface area contributed by atoms with Gasteiger partial charge < -0.3 is 9.47 Å². The largest absolute Gasteiger partial charge is 0.466 e. The number of hydrogen-bond donors (Lipinski definition) is 0. The van der Waals surface area contributed by atoms with Gasteiger partial charge in [-0.3, -0.25) is 9.59 Å². The van der Waals surface area contributed by atoms with Crippen LogP contribution in [-0.4, -0.2) is 18.5 Å².